The fourth-order valence-electron chi connectivity index (χ4n) is 1.36. The first kappa shape index (κ1) is 12.3. The van der Waals surface area contributed by atoms with Crippen molar-refractivity contribution in [1.82, 2.24) is 10.7 Å². The second kappa shape index (κ2) is 5.03. The lowest BCUT2D eigenvalue weighted by atomic mass is 10.3. The molecule has 1 heterocycles. The van der Waals surface area contributed by atoms with Crippen LogP contribution in [0.3, 0.4) is 0 Å². The fraction of sp³-hybridized carbons (Fsp3) is 0.182. The van der Waals surface area contributed by atoms with Gasteiger partial charge in [0.05, 0.1) is 11.9 Å². The van der Waals surface area contributed by atoms with E-state index in [1.54, 1.807) is 18.2 Å². The molecule has 2 rings (SSSR count). The second-order valence-electron chi connectivity index (χ2n) is 3.63. The second-order valence-corrected chi connectivity index (χ2v) is 3.63. The lowest BCUT2D eigenvalue weighted by Gasteiger charge is -2.23. The Bertz CT molecular complexity index is 480. The molecule has 1 unspecified atom stereocenters. The average molecular weight is 253 g/mol. The van der Waals surface area contributed by atoms with Gasteiger partial charge in [0.15, 0.2) is 6.10 Å². The zero-order valence-corrected chi connectivity index (χ0v) is 9.58. The summed E-state index contributed by atoms with van der Waals surface area (Å²) in [4.78, 5) is 15.7. The van der Waals surface area contributed by atoms with Crippen molar-refractivity contribution < 1.29 is 19.1 Å². The highest BCUT2D eigenvalue weighted by atomic mass is 19.1. The summed E-state index contributed by atoms with van der Waals surface area (Å²) < 4.78 is 13.5. The summed E-state index contributed by atoms with van der Waals surface area (Å²) >= 11 is 0. The Morgan fingerprint density at radius 1 is 1.44 bits per heavy atom. The molecule has 1 atom stereocenters. The van der Waals surface area contributed by atoms with E-state index in [-0.39, 0.29) is 0 Å². The number of nitrogens with zero attached hydrogens (tertiary/aromatic N) is 2. The van der Waals surface area contributed by atoms with Gasteiger partial charge >= 0.3 is 5.97 Å². The van der Waals surface area contributed by atoms with Crippen LogP contribution in [0.1, 0.15) is 6.92 Å². The van der Waals surface area contributed by atoms with Crippen LogP contribution in [0.25, 0.3) is 0 Å². The molecular weight excluding hydrogens is 241 g/mol. The van der Waals surface area contributed by atoms with E-state index in [9.17, 15) is 9.18 Å². The van der Waals surface area contributed by atoms with E-state index in [4.69, 9.17) is 9.94 Å². The third kappa shape index (κ3) is 2.58. The Hall–Kier alpha value is -2.12. The van der Waals surface area contributed by atoms with Gasteiger partial charge in [0.2, 0.25) is 0 Å². The van der Waals surface area contributed by atoms with E-state index in [2.05, 4.69) is 5.53 Å². The summed E-state index contributed by atoms with van der Waals surface area (Å²) in [6, 6.07) is 6.18. The summed E-state index contributed by atoms with van der Waals surface area (Å²) in [5, 5.41) is 11.2. The molecular formula is C11H12FN3O3. The molecule has 1 aliphatic heterocycles. The monoisotopic (exact) mass is 253 g/mol. The molecule has 0 bridgehead atoms. The fourth-order valence-corrected chi connectivity index (χ4v) is 1.36. The molecule has 96 valence electrons. The Kier molecular flexibility index (Phi) is 3.45. The molecule has 0 saturated carbocycles. The van der Waals surface area contributed by atoms with E-state index in [0.29, 0.717) is 5.69 Å². The molecule has 7 heteroatoms. The van der Waals surface area contributed by atoms with E-state index >= 15 is 0 Å². The first-order valence-electron chi connectivity index (χ1n) is 5.25. The van der Waals surface area contributed by atoms with Crippen molar-refractivity contribution >= 4 is 11.7 Å². The van der Waals surface area contributed by atoms with Gasteiger partial charge in [0, 0.05) is 6.20 Å². The number of carboxylic acids is 1. The van der Waals surface area contributed by atoms with Crippen molar-refractivity contribution in [2.24, 2.45) is 0 Å². The number of nitrogens with one attached hydrogen (secondary N) is 1. The third-order valence-corrected chi connectivity index (χ3v) is 2.29. The number of rotatable bonds is 4. The van der Waals surface area contributed by atoms with Crippen molar-refractivity contribution in [3.05, 3.63) is 42.5 Å². The average Bonchev–Trinajstić information content (AvgIpc) is 2.77. The van der Waals surface area contributed by atoms with Crippen LogP contribution < -0.4 is 10.5 Å². The Labute approximate surface area is 103 Å². The van der Waals surface area contributed by atoms with Gasteiger partial charge < -0.3 is 5.11 Å². The lowest BCUT2D eigenvalue weighted by molar-refractivity contribution is -0.201. The minimum Gasteiger partial charge on any atom is -0.479 e. The molecule has 6 nitrogen and oxygen atoms in total. The number of benzene rings is 1. The summed E-state index contributed by atoms with van der Waals surface area (Å²) in [6.45, 7) is 1.39. The number of anilines is 1. The predicted molar refractivity (Wildman–Crippen MR) is 61.2 cm³/mol. The maximum atomic E-state index is 13.5. The zero-order valence-electron chi connectivity index (χ0n) is 9.58. The zero-order chi connectivity index (χ0) is 13.1. The summed E-state index contributed by atoms with van der Waals surface area (Å²) in [7, 11) is 0. The number of carboxylic acid groups (broad SMARTS) is 1. The normalized spacial score (nSPS) is 16.1. The van der Waals surface area contributed by atoms with Crippen molar-refractivity contribution in [3.8, 4) is 0 Å². The smallest absolute Gasteiger partial charge is 0.335 e. The number of halogens is 1. The molecule has 0 spiro atoms. The molecule has 18 heavy (non-hydrogen) atoms. The first-order valence-corrected chi connectivity index (χ1v) is 5.25. The quantitative estimate of drug-likeness (QED) is 0.841. The van der Waals surface area contributed by atoms with Crippen LogP contribution >= 0.6 is 0 Å². The lowest BCUT2D eigenvalue weighted by Crippen LogP contribution is -2.42. The van der Waals surface area contributed by atoms with Gasteiger partial charge in [-0.25, -0.2) is 14.0 Å². The topological polar surface area (TPSA) is 65.0 Å². The predicted octanol–water partition coefficient (Wildman–Crippen LogP) is 1.24. The van der Waals surface area contributed by atoms with Crippen molar-refractivity contribution in [2.75, 3.05) is 5.01 Å². The van der Waals surface area contributed by atoms with Crippen LogP contribution in [0.15, 0.2) is 36.7 Å². The minimum absolute atomic E-state index is 0.308. The standard InChI is InChI=1S/C11H12FN3O3/c1-8(11(16)17)18-15-7-6-14(13-15)10-5-3-2-4-9(10)12/h2-8,13H,1H3,(H,16,17). The highest BCUT2D eigenvalue weighted by Crippen LogP contribution is 2.20. The largest absolute Gasteiger partial charge is 0.479 e. The number of para-hydroxylation sites is 1. The minimum atomic E-state index is -1.09. The van der Waals surface area contributed by atoms with Crippen LogP contribution in [0.5, 0.6) is 0 Å². The van der Waals surface area contributed by atoms with Crippen LogP contribution in [0, 0.1) is 5.82 Å². The molecule has 0 amide bonds. The molecule has 1 aromatic carbocycles. The van der Waals surface area contributed by atoms with Crippen molar-refractivity contribution in [3.63, 3.8) is 0 Å². The van der Waals surface area contributed by atoms with Gasteiger partial charge in [-0.1, -0.05) is 12.1 Å². The van der Waals surface area contributed by atoms with Gasteiger partial charge in [-0.05, 0) is 19.1 Å². The first-order chi connectivity index (χ1) is 8.58. The number of carbonyl (C=O) groups is 1. The number of hydrogen-bond acceptors (Lipinski definition) is 5. The summed E-state index contributed by atoms with van der Waals surface area (Å²) in [5.41, 5.74) is 2.97. The summed E-state index contributed by atoms with van der Waals surface area (Å²) in [5.74, 6) is -1.49. The van der Waals surface area contributed by atoms with Crippen molar-refractivity contribution in [2.45, 2.75) is 13.0 Å². The number of hydrogen-bond donors (Lipinski definition) is 2. The highest BCUT2D eigenvalue weighted by molar-refractivity contribution is 5.71. The van der Waals surface area contributed by atoms with Gasteiger partial charge in [-0.3, -0.25) is 5.01 Å². The molecule has 0 saturated heterocycles. The Balaban J connectivity index is 2.00. The highest BCUT2D eigenvalue weighted by Gasteiger charge is 2.21. The van der Waals surface area contributed by atoms with E-state index in [1.807, 2.05) is 0 Å². The van der Waals surface area contributed by atoms with E-state index < -0.39 is 17.9 Å². The van der Waals surface area contributed by atoms with E-state index in [1.165, 1.54) is 30.4 Å². The molecule has 0 radical (unpaired) electrons. The van der Waals surface area contributed by atoms with Gasteiger partial charge in [0.25, 0.3) is 0 Å². The number of hydroxylamine groups is 1. The molecule has 0 aromatic heterocycles. The van der Waals surface area contributed by atoms with Crippen LogP contribution in [0.4, 0.5) is 10.1 Å². The maximum absolute atomic E-state index is 13.5. The molecule has 0 fully saturated rings. The van der Waals surface area contributed by atoms with Crippen LogP contribution in [-0.2, 0) is 9.63 Å². The van der Waals surface area contributed by atoms with Gasteiger partial charge in [-0.15, -0.1) is 5.53 Å². The van der Waals surface area contributed by atoms with Gasteiger partial charge in [0.1, 0.15) is 5.82 Å². The van der Waals surface area contributed by atoms with E-state index in [0.717, 1.165) is 5.17 Å². The SMILES string of the molecule is CC(ON1C=CN(c2ccccc2F)N1)C(=O)O. The van der Waals surface area contributed by atoms with Crippen LogP contribution in [0.2, 0.25) is 0 Å². The molecule has 0 aliphatic carbocycles. The van der Waals surface area contributed by atoms with Crippen LogP contribution in [-0.4, -0.2) is 22.4 Å². The Morgan fingerprint density at radius 2 is 2.17 bits per heavy atom. The Morgan fingerprint density at radius 3 is 2.83 bits per heavy atom. The number of aliphatic carboxylic acids is 1. The maximum Gasteiger partial charge on any atom is 0.335 e. The third-order valence-electron chi connectivity index (χ3n) is 2.29. The summed E-state index contributed by atoms with van der Waals surface area (Å²) in [6.07, 6.45) is 1.96. The molecule has 1 aromatic rings. The number of hydrazine groups is 2. The van der Waals surface area contributed by atoms with Gasteiger partial charge in [-0.2, -0.15) is 5.17 Å². The molecule has 2 N–H and O–H groups in total. The van der Waals surface area contributed by atoms with Crippen molar-refractivity contribution in [1.29, 1.82) is 0 Å². The molecule has 1 aliphatic rings.